The average molecular weight is 261 g/mol. The third-order valence-electron chi connectivity index (χ3n) is 2.82. The third kappa shape index (κ3) is 2.94. The van der Waals surface area contributed by atoms with Gasteiger partial charge in [0.25, 0.3) is 0 Å². The van der Waals surface area contributed by atoms with Gasteiger partial charge in [-0.05, 0) is 17.5 Å². The molecular formula is C14H19N3S. The molecule has 4 heteroatoms. The summed E-state index contributed by atoms with van der Waals surface area (Å²) in [7, 11) is 0. The second-order valence-corrected chi connectivity index (χ2v) is 6.43. The van der Waals surface area contributed by atoms with Crippen molar-refractivity contribution in [2.45, 2.75) is 32.6 Å². The molecule has 1 aromatic carbocycles. The van der Waals surface area contributed by atoms with Crippen molar-refractivity contribution in [1.29, 1.82) is 0 Å². The van der Waals surface area contributed by atoms with Crippen LogP contribution in [-0.4, -0.2) is 16.7 Å². The van der Waals surface area contributed by atoms with Crippen molar-refractivity contribution in [3.8, 4) is 10.6 Å². The minimum atomic E-state index is 0.185. The quantitative estimate of drug-likeness (QED) is 0.924. The fourth-order valence-electron chi connectivity index (χ4n) is 1.71. The molecule has 0 aliphatic carbocycles. The van der Waals surface area contributed by atoms with Crippen LogP contribution in [0.15, 0.2) is 24.3 Å². The summed E-state index contributed by atoms with van der Waals surface area (Å²) in [6.45, 7) is 7.27. The Labute approximate surface area is 112 Å². The van der Waals surface area contributed by atoms with Crippen molar-refractivity contribution in [3.05, 3.63) is 34.8 Å². The van der Waals surface area contributed by atoms with Crippen LogP contribution < -0.4 is 5.73 Å². The van der Waals surface area contributed by atoms with Crippen molar-refractivity contribution in [3.63, 3.8) is 0 Å². The number of hydrogen-bond donors (Lipinski definition) is 1. The Kier molecular flexibility index (Phi) is 3.78. The van der Waals surface area contributed by atoms with E-state index in [0.29, 0.717) is 6.54 Å². The lowest BCUT2D eigenvalue weighted by Gasteiger charge is -2.18. The number of aromatic nitrogens is 2. The highest BCUT2D eigenvalue weighted by molar-refractivity contribution is 7.14. The average Bonchev–Trinajstić information content (AvgIpc) is 2.77. The lowest BCUT2D eigenvalue weighted by molar-refractivity contribution is 0.590. The van der Waals surface area contributed by atoms with E-state index in [2.05, 4.69) is 55.2 Å². The number of hydrogen-bond acceptors (Lipinski definition) is 4. The van der Waals surface area contributed by atoms with Crippen LogP contribution in [0.1, 0.15) is 31.3 Å². The van der Waals surface area contributed by atoms with Crippen LogP contribution in [0.5, 0.6) is 0 Å². The Morgan fingerprint density at radius 2 is 1.78 bits per heavy atom. The van der Waals surface area contributed by atoms with E-state index in [0.717, 1.165) is 22.0 Å². The van der Waals surface area contributed by atoms with Crippen LogP contribution in [0.3, 0.4) is 0 Å². The maximum absolute atomic E-state index is 5.52. The largest absolute Gasteiger partial charge is 0.330 e. The van der Waals surface area contributed by atoms with Gasteiger partial charge in [-0.25, -0.2) is 0 Å². The molecule has 0 fully saturated rings. The van der Waals surface area contributed by atoms with E-state index in [4.69, 9.17) is 5.73 Å². The van der Waals surface area contributed by atoms with Crippen molar-refractivity contribution >= 4 is 11.3 Å². The topological polar surface area (TPSA) is 51.8 Å². The molecule has 1 heterocycles. The molecule has 0 atom stereocenters. The van der Waals surface area contributed by atoms with E-state index < -0.39 is 0 Å². The molecule has 0 saturated heterocycles. The maximum atomic E-state index is 5.52. The van der Waals surface area contributed by atoms with Crippen LogP contribution in [-0.2, 0) is 11.8 Å². The summed E-state index contributed by atoms with van der Waals surface area (Å²) in [6, 6.07) is 8.57. The van der Waals surface area contributed by atoms with Gasteiger partial charge >= 0.3 is 0 Å². The highest BCUT2D eigenvalue weighted by Gasteiger charge is 2.13. The van der Waals surface area contributed by atoms with Crippen LogP contribution in [0.4, 0.5) is 0 Å². The van der Waals surface area contributed by atoms with Crippen LogP contribution in [0, 0.1) is 0 Å². The molecule has 3 nitrogen and oxygen atoms in total. The van der Waals surface area contributed by atoms with Crippen LogP contribution >= 0.6 is 11.3 Å². The Morgan fingerprint density at radius 3 is 2.33 bits per heavy atom. The lowest BCUT2D eigenvalue weighted by atomic mass is 9.87. The van der Waals surface area contributed by atoms with E-state index >= 15 is 0 Å². The van der Waals surface area contributed by atoms with Gasteiger partial charge in [0, 0.05) is 12.0 Å². The van der Waals surface area contributed by atoms with Gasteiger partial charge in [-0.3, -0.25) is 0 Å². The molecule has 0 aliphatic rings. The monoisotopic (exact) mass is 261 g/mol. The van der Waals surface area contributed by atoms with Gasteiger partial charge in [-0.15, -0.1) is 10.2 Å². The first-order valence-electron chi connectivity index (χ1n) is 6.14. The van der Waals surface area contributed by atoms with Crippen molar-refractivity contribution < 1.29 is 0 Å². The molecule has 2 N–H and O–H groups in total. The summed E-state index contributed by atoms with van der Waals surface area (Å²) in [5.41, 5.74) is 8.16. The normalized spacial score (nSPS) is 11.8. The molecule has 96 valence electrons. The molecule has 0 radical (unpaired) electrons. The summed E-state index contributed by atoms with van der Waals surface area (Å²) in [5.74, 6) is 0. The second-order valence-electron chi connectivity index (χ2n) is 5.37. The Bertz CT molecular complexity index is 509. The number of nitrogens with two attached hydrogens (primary N) is 1. The van der Waals surface area contributed by atoms with E-state index in [9.17, 15) is 0 Å². The van der Waals surface area contributed by atoms with Gasteiger partial charge in [-0.2, -0.15) is 0 Å². The molecule has 2 rings (SSSR count). The third-order valence-corrected chi connectivity index (χ3v) is 3.86. The first-order chi connectivity index (χ1) is 8.50. The Balaban J connectivity index is 2.23. The highest BCUT2D eigenvalue weighted by Crippen LogP contribution is 2.27. The molecule has 1 aromatic heterocycles. The van der Waals surface area contributed by atoms with E-state index in [1.165, 1.54) is 5.56 Å². The van der Waals surface area contributed by atoms with Crippen molar-refractivity contribution in [2.24, 2.45) is 5.73 Å². The van der Waals surface area contributed by atoms with Crippen molar-refractivity contribution in [1.82, 2.24) is 10.2 Å². The Hall–Kier alpha value is -1.26. The van der Waals surface area contributed by atoms with Crippen molar-refractivity contribution in [2.75, 3.05) is 6.54 Å². The summed E-state index contributed by atoms with van der Waals surface area (Å²) < 4.78 is 0. The minimum absolute atomic E-state index is 0.185. The molecule has 0 aliphatic heterocycles. The molecule has 0 saturated carbocycles. The molecule has 0 bridgehead atoms. The van der Waals surface area contributed by atoms with Gasteiger partial charge in [0.05, 0.1) is 0 Å². The molecular weight excluding hydrogens is 242 g/mol. The standard InChI is InChI=1S/C14H19N3S/c1-14(2,3)11-6-4-10(5-7-11)13-17-16-12(18-13)8-9-15/h4-7H,8-9,15H2,1-3H3. The van der Waals surface area contributed by atoms with Gasteiger partial charge < -0.3 is 5.73 Å². The molecule has 0 amide bonds. The molecule has 0 spiro atoms. The Morgan fingerprint density at radius 1 is 1.11 bits per heavy atom. The SMILES string of the molecule is CC(C)(C)c1ccc(-c2nnc(CCN)s2)cc1. The summed E-state index contributed by atoms with van der Waals surface area (Å²) in [6.07, 6.45) is 0.803. The fraction of sp³-hybridized carbons (Fsp3) is 0.429. The predicted molar refractivity (Wildman–Crippen MR) is 76.8 cm³/mol. The summed E-state index contributed by atoms with van der Waals surface area (Å²) in [5, 5.41) is 10.3. The van der Waals surface area contributed by atoms with Gasteiger partial charge in [0.1, 0.15) is 10.0 Å². The zero-order chi connectivity index (χ0) is 13.2. The predicted octanol–water partition coefficient (Wildman–Crippen LogP) is 3.00. The first kappa shape index (κ1) is 13.2. The van der Waals surface area contributed by atoms with Gasteiger partial charge in [-0.1, -0.05) is 56.4 Å². The van der Waals surface area contributed by atoms with Crippen LogP contribution in [0.25, 0.3) is 10.6 Å². The second kappa shape index (κ2) is 5.16. The van der Waals surface area contributed by atoms with Gasteiger partial charge in [0.15, 0.2) is 0 Å². The maximum Gasteiger partial charge on any atom is 0.147 e. The number of rotatable bonds is 3. The zero-order valence-electron chi connectivity index (χ0n) is 11.1. The lowest BCUT2D eigenvalue weighted by Crippen LogP contribution is -2.10. The number of benzene rings is 1. The van der Waals surface area contributed by atoms with E-state index in [1.807, 2.05) is 0 Å². The highest BCUT2D eigenvalue weighted by atomic mass is 32.1. The molecule has 2 aromatic rings. The van der Waals surface area contributed by atoms with Gasteiger partial charge in [0.2, 0.25) is 0 Å². The molecule has 18 heavy (non-hydrogen) atoms. The zero-order valence-corrected chi connectivity index (χ0v) is 11.9. The van der Waals surface area contributed by atoms with E-state index in [-0.39, 0.29) is 5.41 Å². The number of nitrogens with zero attached hydrogens (tertiary/aromatic N) is 2. The van der Waals surface area contributed by atoms with Crippen LogP contribution in [0.2, 0.25) is 0 Å². The first-order valence-corrected chi connectivity index (χ1v) is 6.96. The summed E-state index contributed by atoms with van der Waals surface area (Å²) >= 11 is 1.62. The summed E-state index contributed by atoms with van der Waals surface area (Å²) in [4.78, 5) is 0. The molecule has 0 unspecified atom stereocenters. The smallest absolute Gasteiger partial charge is 0.147 e. The minimum Gasteiger partial charge on any atom is -0.330 e. The van der Waals surface area contributed by atoms with E-state index in [1.54, 1.807) is 11.3 Å². The fourth-order valence-corrected chi connectivity index (χ4v) is 2.57.